The molecule has 1 heterocycles. The summed E-state index contributed by atoms with van der Waals surface area (Å²) in [7, 11) is 0. The number of hydrogen-bond donors (Lipinski definition) is 2. The topological polar surface area (TPSA) is 78.9 Å². The Kier molecular flexibility index (Phi) is 6.94. The van der Waals surface area contributed by atoms with Crippen LogP contribution in [0, 0.1) is 6.92 Å². The van der Waals surface area contributed by atoms with Gasteiger partial charge in [-0.05, 0) is 35.8 Å². The molecule has 6 nitrogen and oxygen atoms in total. The molecule has 0 spiro atoms. The molecule has 0 aromatic heterocycles. The second kappa shape index (κ2) is 9.82. The Labute approximate surface area is 170 Å². The predicted octanol–water partition coefficient (Wildman–Crippen LogP) is 2.91. The monoisotopic (exact) mass is 392 g/mol. The SMILES string of the molecule is Cc1cccc(/C(=C\c2ccc(/C=C/C(=O)NO)cc2)C(=O)N2CCOCC2)c1. The van der Waals surface area contributed by atoms with Crippen molar-refractivity contribution in [2.24, 2.45) is 0 Å². The first kappa shape index (κ1) is 20.5. The lowest BCUT2D eigenvalue weighted by molar-refractivity contribution is -0.128. The summed E-state index contributed by atoms with van der Waals surface area (Å²) < 4.78 is 5.37. The molecule has 0 radical (unpaired) electrons. The van der Waals surface area contributed by atoms with Gasteiger partial charge in [0.05, 0.1) is 13.2 Å². The van der Waals surface area contributed by atoms with Crippen LogP contribution in [0.3, 0.4) is 0 Å². The maximum Gasteiger partial charge on any atom is 0.267 e. The van der Waals surface area contributed by atoms with E-state index in [-0.39, 0.29) is 5.91 Å². The number of nitrogens with one attached hydrogen (secondary N) is 1. The minimum atomic E-state index is -0.591. The van der Waals surface area contributed by atoms with Crippen molar-refractivity contribution in [3.63, 3.8) is 0 Å². The van der Waals surface area contributed by atoms with Crippen LogP contribution in [0.1, 0.15) is 22.3 Å². The Morgan fingerprint density at radius 2 is 1.76 bits per heavy atom. The quantitative estimate of drug-likeness (QED) is 0.355. The number of morpholine rings is 1. The molecule has 2 amide bonds. The molecule has 0 aliphatic carbocycles. The number of aryl methyl sites for hydroxylation is 1. The third kappa shape index (κ3) is 5.63. The highest BCUT2D eigenvalue weighted by Crippen LogP contribution is 2.23. The zero-order chi connectivity index (χ0) is 20.6. The Bertz CT molecular complexity index is 926. The van der Waals surface area contributed by atoms with Gasteiger partial charge in [0, 0.05) is 24.7 Å². The average Bonchev–Trinajstić information content (AvgIpc) is 2.76. The van der Waals surface area contributed by atoms with E-state index in [4.69, 9.17) is 9.94 Å². The summed E-state index contributed by atoms with van der Waals surface area (Å²) in [6.07, 6.45) is 4.73. The zero-order valence-corrected chi connectivity index (χ0v) is 16.3. The molecule has 0 unspecified atom stereocenters. The van der Waals surface area contributed by atoms with E-state index < -0.39 is 5.91 Å². The van der Waals surface area contributed by atoms with Crippen molar-refractivity contribution >= 4 is 29.5 Å². The first-order valence-corrected chi connectivity index (χ1v) is 9.45. The highest BCUT2D eigenvalue weighted by atomic mass is 16.5. The highest BCUT2D eigenvalue weighted by molar-refractivity contribution is 6.24. The molecule has 3 rings (SSSR count). The van der Waals surface area contributed by atoms with Crippen LogP contribution in [-0.4, -0.2) is 48.2 Å². The molecule has 0 bridgehead atoms. The maximum atomic E-state index is 13.2. The lowest BCUT2D eigenvalue weighted by Gasteiger charge is -2.28. The van der Waals surface area contributed by atoms with Crippen molar-refractivity contribution in [3.05, 3.63) is 76.9 Å². The number of rotatable bonds is 5. The second-order valence-corrected chi connectivity index (χ2v) is 6.81. The predicted molar refractivity (Wildman–Crippen MR) is 112 cm³/mol. The Balaban J connectivity index is 1.90. The fourth-order valence-corrected chi connectivity index (χ4v) is 3.10. The van der Waals surface area contributed by atoms with Gasteiger partial charge in [-0.25, -0.2) is 5.48 Å². The van der Waals surface area contributed by atoms with Gasteiger partial charge in [0.15, 0.2) is 0 Å². The van der Waals surface area contributed by atoms with E-state index in [9.17, 15) is 9.59 Å². The van der Waals surface area contributed by atoms with Gasteiger partial charge in [-0.15, -0.1) is 0 Å². The molecule has 1 fully saturated rings. The van der Waals surface area contributed by atoms with Crippen molar-refractivity contribution in [1.82, 2.24) is 10.4 Å². The summed E-state index contributed by atoms with van der Waals surface area (Å²) in [6, 6.07) is 15.4. The average molecular weight is 392 g/mol. The molecule has 6 heteroatoms. The van der Waals surface area contributed by atoms with Crippen molar-refractivity contribution in [1.29, 1.82) is 0 Å². The van der Waals surface area contributed by atoms with Crippen LogP contribution in [0.25, 0.3) is 17.7 Å². The van der Waals surface area contributed by atoms with Crippen LogP contribution >= 0.6 is 0 Å². The first-order valence-electron chi connectivity index (χ1n) is 9.45. The van der Waals surface area contributed by atoms with Crippen LogP contribution in [0.4, 0.5) is 0 Å². The smallest absolute Gasteiger partial charge is 0.267 e. The van der Waals surface area contributed by atoms with E-state index in [1.165, 1.54) is 6.08 Å². The summed E-state index contributed by atoms with van der Waals surface area (Å²) in [5, 5.41) is 8.54. The minimum absolute atomic E-state index is 0.0116. The summed E-state index contributed by atoms with van der Waals surface area (Å²) in [4.78, 5) is 26.1. The molecular weight excluding hydrogens is 368 g/mol. The van der Waals surface area contributed by atoms with E-state index in [2.05, 4.69) is 0 Å². The summed E-state index contributed by atoms with van der Waals surface area (Å²) >= 11 is 0. The standard InChI is InChI=1S/C23H24N2O4/c1-17-3-2-4-20(15-17)21(23(27)25-11-13-29-14-12-25)16-19-7-5-18(6-8-19)9-10-22(26)24-28/h2-10,15-16,28H,11-14H2,1H3,(H,24,26)/b10-9+,21-16+. The van der Waals surface area contributed by atoms with Gasteiger partial charge >= 0.3 is 0 Å². The molecule has 29 heavy (non-hydrogen) atoms. The molecular formula is C23H24N2O4. The fraction of sp³-hybridized carbons (Fsp3) is 0.217. The summed E-state index contributed by atoms with van der Waals surface area (Å²) in [6.45, 7) is 4.27. The molecule has 1 aliphatic rings. The van der Waals surface area contributed by atoms with Crippen LogP contribution in [0.5, 0.6) is 0 Å². The van der Waals surface area contributed by atoms with Crippen molar-refractivity contribution < 1.29 is 19.5 Å². The molecule has 1 aliphatic heterocycles. The Morgan fingerprint density at radius 3 is 2.41 bits per heavy atom. The maximum absolute atomic E-state index is 13.2. The number of carbonyl (C=O) groups excluding carboxylic acids is 2. The van der Waals surface area contributed by atoms with E-state index >= 15 is 0 Å². The molecule has 0 atom stereocenters. The van der Waals surface area contributed by atoms with Crippen molar-refractivity contribution in [3.8, 4) is 0 Å². The van der Waals surface area contributed by atoms with E-state index in [1.807, 2.05) is 66.4 Å². The van der Waals surface area contributed by atoms with Gasteiger partial charge in [0.25, 0.3) is 11.8 Å². The van der Waals surface area contributed by atoms with E-state index in [0.717, 1.165) is 22.3 Å². The van der Waals surface area contributed by atoms with Crippen LogP contribution < -0.4 is 5.48 Å². The summed E-state index contributed by atoms with van der Waals surface area (Å²) in [5.41, 5.74) is 5.85. The first-order chi connectivity index (χ1) is 14.1. The minimum Gasteiger partial charge on any atom is -0.378 e. The normalized spacial score (nSPS) is 14.8. The lowest BCUT2D eigenvalue weighted by Crippen LogP contribution is -2.41. The zero-order valence-electron chi connectivity index (χ0n) is 16.3. The number of amides is 2. The Morgan fingerprint density at radius 1 is 1.07 bits per heavy atom. The van der Waals surface area contributed by atoms with Gasteiger partial charge in [-0.2, -0.15) is 0 Å². The molecule has 150 valence electrons. The van der Waals surface area contributed by atoms with Crippen molar-refractivity contribution in [2.75, 3.05) is 26.3 Å². The molecule has 0 saturated carbocycles. The molecule has 1 saturated heterocycles. The Hall–Kier alpha value is -3.22. The number of hydrogen-bond acceptors (Lipinski definition) is 4. The van der Waals surface area contributed by atoms with Gasteiger partial charge in [0.2, 0.25) is 0 Å². The van der Waals surface area contributed by atoms with Gasteiger partial charge in [-0.1, -0.05) is 54.1 Å². The summed E-state index contributed by atoms with van der Waals surface area (Å²) in [5.74, 6) is -0.602. The van der Waals surface area contributed by atoms with Crippen molar-refractivity contribution in [2.45, 2.75) is 6.92 Å². The van der Waals surface area contributed by atoms with Gasteiger partial charge in [-0.3, -0.25) is 14.8 Å². The number of ether oxygens (including phenoxy) is 1. The number of benzene rings is 2. The lowest BCUT2D eigenvalue weighted by atomic mass is 9.99. The second-order valence-electron chi connectivity index (χ2n) is 6.81. The third-order valence-electron chi connectivity index (χ3n) is 4.64. The molecule has 2 N–H and O–H groups in total. The van der Waals surface area contributed by atoms with E-state index in [0.29, 0.717) is 31.9 Å². The fourth-order valence-electron chi connectivity index (χ4n) is 3.10. The highest BCUT2D eigenvalue weighted by Gasteiger charge is 2.21. The van der Waals surface area contributed by atoms with Crippen LogP contribution in [0.15, 0.2) is 54.6 Å². The van der Waals surface area contributed by atoms with E-state index in [1.54, 1.807) is 11.6 Å². The molecule has 2 aromatic rings. The van der Waals surface area contributed by atoms with Gasteiger partial charge in [0.1, 0.15) is 0 Å². The van der Waals surface area contributed by atoms with Gasteiger partial charge < -0.3 is 9.64 Å². The van der Waals surface area contributed by atoms with Crippen LogP contribution in [-0.2, 0) is 14.3 Å². The molecule has 2 aromatic carbocycles. The largest absolute Gasteiger partial charge is 0.378 e. The number of hydroxylamine groups is 1. The number of nitrogens with zero attached hydrogens (tertiary/aromatic N) is 1. The number of carbonyl (C=O) groups is 2. The van der Waals surface area contributed by atoms with Crippen LogP contribution in [0.2, 0.25) is 0 Å². The third-order valence-corrected chi connectivity index (χ3v) is 4.64.